The molecule has 0 radical (unpaired) electrons. The summed E-state index contributed by atoms with van der Waals surface area (Å²) >= 11 is 5.71. The van der Waals surface area contributed by atoms with E-state index in [1.54, 1.807) is 6.20 Å². The molecule has 4 heteroatoms. The number of aliphatic hydroxyl groups excluding tert-OH is 1. The zero-order valence-electron chi connectivity index (χ0n) is 7.15. The van der Waals surface area contributed by atoms with E-state index in [0.29, 0.717) is 10.9 Å². The molecule has 1 saturated heterocycles. The van der Waals surface area contributed by atoms with E-state index in [9.17, 15) is 0 Å². The van der Waals surface area contributed by atoms with Crippen molar-refractivity contribution in [1.29, 1.82) is 0 Å². The van der Waals surface area contributed by atoms with Crippen molar-refractivity contribution in [3.05, 3.63) is 23.4 Å². The van der Waals surface area contributed by atoms with Crippen molar-refractivity contribution < 1.29 is 5.11 Å². The molecule has 0 aliphatic carbocycles. The first-order chi connectivity index (χ1) is 6.29. The van der Waals surface area contributed by atoms with Gasteiger partial charge < -0.3 is 10.0 Å². The van der Waals surface area contributed by atoms with Gasteiger partial charge in [0, 0.05) is 31.8 Å². The van der Waals surface area contributed by atoms with Crippen LogP contribution in [0.1, 0.15) is 0 Å². The molecule has 0 atom stereocenters. The van der Waals surface area contributed by atoms with Crippen LogP contribution in [-0.4, -0.2) is 29.8 Å². The van der Waals surface area contributed by atoms with Crippen molar-refractivity contribution in [2.75, 3.05) is 24.6 Å². The van der Waals surface area contributed by atoms with Gasteiger partial charge in [-0.05, 0) is 12.1 Å². The molecule has 0 spiro atoms. The van der Waals surface area contributed by atoms with E-state index in [1.807, 2.05) is 12.1 Å². The molecule has 0 unspecified atom stereocenters. The van der Waals surface area contributed by atoms with Gasteiger partial charge in [-0.2, -0.15) is 0 Å². The Labute approximate surface area is 82.0 Å². The lowest BCUT2D eigenvalue weighted by atomic mass is 10.0. The number of halogens is 1. The van der Waals surface area contributed by atoms with E-state index in [1.165, 1.54) is 0 Å². The van der Waals surface area contributed by atoms with Crippen LogP contribution in [0.25, 0.3) is 0 Å². The lowest BCUT2D eigenvalue weighted by Crippen LogP contribution is -2.48. The van der Waals surface area contributed by atoms with Gasteiger partial charge >= 0.3 is 0 Å². The number of rotatable bonds is 2. The van der Waals surface area contributed by atoms with E-state index < -0.39 is 0 Å². The Balaban J connectivity index is 1.99. The summed E-state index contributed by atoms with van der Waals surface area (Å²) in [5.41, 5.74) is 0. The number of anilines is 1. The summed E-state index contributed by atoms with van der Waals surface area (Å²) in [6.45, 7) is 2.06. The largest absolute Gasteiger partial charge is 0.396 e. The van der Waals surface area contributed by atoms with Gasteiger partial charge in [-0.3, -0.25) is 0 Å². The second-order valence-electron chi connectivity index (χ2n) is 3.29. The molecule has 1 N–H and O–H groups in total. The highest BCUT2D eigenvalue weighted by Crippen LogP contribution is 2.22. The van der Waals surface area contributed by atoms with Gasteiger partial charge in [0.15, 0.2) is 0 Å². The second-order valence-corrected chi connectivity index (χ2v) is 3.72. The minimum absolute atomic E-state index is 0.268. The number of aromatic nitrogens is 1. The molecule has 2 heterocycles. The van der Waals surface area contributed by atoms with Gasteiger partial charge in [-0.1, -0.05) is 11.6 Å². The van der Waals surface area contributed by atoms with E-state index in [2.05, 4.69) is 9.88 Å². The molecule has 2 rings (SSSR count). The average molecular weight is 199 g/mol. The predicted octanol–water partition coefficient (Wildman–Crippen LogP) is 1.16. The molecular formula is C9H11ClN2O. The molecule has 1 aliphatic rings. The Bertz CT molecular complexity index is 282. The molecule has 3 nitrogen and oxygen atoms in total. The fourth-order valence-corrected chi connectivity index (χ4v) is 1.54. The number of hydrogen-bond donors (Lipinski definition) is 1. The molecule has 13 heavy (non-hydrogen) atoms. The molecule has 1 aromatic rings. The Morgan fingerprint density at radius 1 is 1.54 bits per heavy atom. The minimum Gasteiger partial charge on any atom is -0.396 e. The highest BCUT2D eigenvalue weighted by molar-refractivity contribution is 6.30. The molecule has 0 aromatic carbocycles. The predicted molar refractivity (Wildman–Crippen MR) is 52.0 cm³/mol. The van der Waals surface area contributed by atoms with Crippen molar-refractivity contribution in [3.63, 3.8) is 0 Å². The molecule has 0 bridgehead atoms. The molecule has 1 fully saturated rings. The summed E-state index contributed by atoms with van der Waals surface area (Å²) in [6, 6.07) is 3.73. The third-order valence-corrected chi connectivity index (χ3v) is 2.47. The van der Waals surface area contributed by atoms with Crippen molar-refractivity contribution in [3.8, 4) is 0 Å². The summed E-state index contributed by atoms with van der Waals surface area (Å²) in [7, 11) is 0. The maximum absolute atomic E-state index is 8.83. The molecular weight excluding hydrogens is 188 g/mol. The first-order valence-corrected chi connectivity index (χ1v) is 4.65. The summed E-state index contributed by atoms with van der Waals surface area (Å²) in [6.07, 6.45) is 1.64. The van der Waals surface area contributed by atoms with Crippen LogP contribution >= 0.6 is 11.6 Å². The van der Waals surface area contributed by atoms with Crippen LogP contribution in [-0.2, 0) is 0 Å². The molecule has 1 aromatic heterocycles. The van der Waals surface area contributed by atoms with Crippen molar-refractivity contribution in [2.45, 2.75) is 0 Å². The van der Waals surface area contributed by atoms with Crippen LogP contribution in [0.5, 0.6) is 0 Å². The number of nitrogens with zero attached hydrogens (tertiary/aromatic N) is 2. The monoisotopic (exact) mass is 198 g/mol. The van der Waals surface area contributed by atoms with Gasteiger partial charge in [0.25, 0.3) is 0 Å². The molecule has 70 valence electrons. The van der Waals surface area contributed by atoms with E-state index in [-0.39, 0.29) is 6.61 Å². The maximum Gasteiger partial charge on any atom is 0.128 e. The first-order valence-electron chi connectivity index (χ1n) is 4.27. The number of hydrogen-bond acceptors (Lipinski definition) is 3. The fourth-order valence-electron chi connectivity index (χ4n) is 1.43. The van der Waals surface area contributed by atoms with Gasteiger partial charge in [0.05, 0.1) is 5.02 Å². The Hall–Kier alpha value is -0.800. The van der Waals surface area contributed by atoms with E-state index >= 15 is 0 Å². The number of aliphatic hydroxyl groups is 1. The molecule has 0 saturated carbocycles. The van der Waals surface area contributed by atoms with Gasteiger partial charge in [0.1, 0.15) is 5.82 Å². The van der Waals surface area contributed by atoms with Crippen molar-refractivity contribution in [1.82, 2.24) is 4.98 Å². The van der Waals surface area contributed by atoms with Crippen LogP contribution in [0, 0.1) is 5.92 Å². The number of pyridine rings is 1. The molecule has 0 amide bonds. The minimum atomic E-state index is 0.268. The van der Waals surface area contributed by atoms with E-state index in [4.69, 9.17) is 16.7 Å². The van der Waals surface area contributed by atoms with Crippen LogP contribution in [0.15, 0.2) is 18.3 Å². The second kappa shape index (κ2) is 3.52. The maximum atomic E-state index is 8.83. The normalized spacial score (nSPS) is 17.2. The average Bonchev–Trinajstić information content (AvgIpc) is 2.06. The Morgan fingerprint density at radius 3 is 2.85 bits per heavy atom. The summed E-state index contributed by atoms with van der Waals surface area (Å²) in [5.74, 6) is 1.35. The highest BCUT2D eigenvalue weighted by atomic mass is 35.5. The first kappa shape index (κ1) is 8.78. The molecule has 1 aliphatic heterocycles. The van der Waals surface area contributed by atoms with E-state index in [0.717, 1.165) is 18.9 Å². The Morgan fingerprint density at radius 2 is 2.31 bits per heavy atom. The van der Waals surface area contributed by atoms with Crippen molar-refractivity contribution >= 4 is 17.4 Å². The SMILES string of the molecule is OCC1CN(c2ccc(Cl)cn2)C1. The Kier molecular flexibility index (Phi) is 2.38. The third kappa shape index (κ3) is 1.76. The quantitative estimate of drug-likeness (QED) is 0.775. The zero-order valence-corrected chi connectivity index (χ0v) is 7.91. The van der Waals surface area contributed by atoms with Crippen molar-refractivity contribution in [2.24, 2.45) is 5.92 Å². The standard InChI is InChI=1S/C9H11ClN2O/c10-8-1-2-9(11-3-8)12-4-7(5-12)6-13/h1-3,7,13H,4-6H2. The summed E-state index contributed by atoms with van der Waals surface area (Å²) in [4.78, 5) is 6.30. The van der Waals surface area contributed by atoms with Gasteiger partial charge in [0.2, 0.25) is 0 Å². The summed E-state index contributed by atoms with van der Waals surface area (Å²) in [5, 5.41) is 9.48. The lowest BCUT2D eigenvalue weighted by Gasteiger charge is -2.39. The van der Waals surface area contributed by atoms with Crippen LogP contribution in [0.3, 0.4) is 0 Å². The fraction of sp³-hybridized carbons (Fsp3) is 0.444. The zero-order chi connectivity index (χ0) is 9.26. The van der Waals surface area contributed by atoms with Crippen LogP contribution in [0.2, 0.25) is 5.02 Å². The van der Waals surface area contributed by atoms with Gasteiger partial charge in [-0.15, -0.1) is 0 Å². The third-order valence-electron chi connectivity index (χ3n) is 2.25. The smallest absolute Gasteiger partial charge is 0.128 e. The van der Waals surface area contributed by atoms with Gasteiger partial charge in [-0.25, -0.2) is 4.98 Å². The van der Waals surface area contributed by atoms with Crippen LogP contribution in [0.4, 0.5) is 5.82 Å². The lowest BCUT2D eigenvalue weighted by molar-refractivity contribution is 0.200. The summed E-state index contributed by atoms with van der Waals surface area (Å²) < 4.78 is 0. The topological polar surface area (TPSA) is 36.4 Å². The highest BCUT2D eigenvalue weighted by Gasteiger charge is 2.26. The van der Waals surface area contributed by atoms with Crippen LogP contribution < -0.4 is 4.90 Å².